The van der Waals surface area contributed by atoms with Gasteiger partial charge in [-0.15, -0.1) is 0 Å². The molecular formula is C29H26Cl2N2O6. The summed E-state index contributed by atoms with van der Waals surface area (Å²) in [5.41, 5.74) is 4.73. The molecule has 1 aromatic heterocycles. The predicted octanol–water partition coefficient (Wildman–Crippen LogP) is 6.38. The number of hydrogen-bond donors (Lipinski definition) is 2. The number of ether oxygens (including phenoxy) is 2. The Hall–Kier alpha value is -4.01. The Morgan fingerprint density at radius 3 is 2.03 bits per heavy atom. The van der Waals surface area contributed by atoms with Crippen LogP contribution >= 0.6 is 23.2 Å². The summed E-state index contributed by atoms with van der Waals surface area (Å²) in [5, 5.41) is 16.6. The van der Waals surface area contributed by atoms with Crippen LogP contribution in [-0.2, 0) is 11.2 Å². The fourth-order valence-electron chi connectivity index (χ4n) is 4.42. The van der Waals surface area contributed by atoms with Gasteiger partial charge in [-0.3, -0.25) is 4.79 Å². The lowest BCUT2D eigenvalue weighted by molar-refractivity contribution is -0.139. The van der Waals surface area contributed by atoms with Gasteiger partial charge in [-0.25, -0.2) is 4.79 Å². The van der Waals surface area contributed by atoms with E-state index in [2.05, 4.69) is 10.5 Å². The van der Waals surface area contributed by atoms with Crippen molar-refractivity contribution in [2.75, 3.05) is 14.2 Å². The maximum Gasteiger partial charge on any atom is 0.326 e. The molecule has 0 radical (unpaired) electrons. The number of halogens is 2. The molecule has 2 N–H and O–H groups in total. The number of aliphatic carboxylic acids is 1. The van der Waals surface area contributed by atoms with Crippen molar-refractivity contribution < 1.29 is 28.7 Å². The van der Waals surface area contributed by atoms with Gasteiger partial charge in [-0.1, -0.05) is 58.7 Å². The van der Waals surface area contributed by atoms with E-state index in [4.69, 9.17) is 37.2 Å². The van der Waals surface area contributed by atoms with E-state index in [1.165, 1.54) is 12.1 Å². The van der Waals surface area contributed by atoms with Gasteiger partial charge in [0.2, 0.25) is 0 Å². The number of aryl methyl sites for hydroxylation is 2. The number of hydrogen-bond acceptors (Lipinski definition) is 6. The predicted molar refractivity (Wildman–Crippen MR) is 149 cm³/mol. The first kappa shape index (κ1) is 28.0. The Kier molecular flexibility index (Phi) is 8.47. The zero-order valence-electron chi connectivity index (χ0n) is 21.7. The van der Waals surface area contributed by atoms with E-state index in [0.717, 1.165) is 27.9 Å². The number of carboxylic acids is 1. The summed E-state index contributed by atoms with van der Waals surface area (Å²) in [6, 6.07) is 14.5. The first-order chi connectivity index (χ1) is 18.6. The minimum Gasteiger partial charge on any atom is -0.496 e. The third kappa shape index (κ3) is 5.87. The van der Waals surface area contributed by atoms with Gasteiger partial charge in [0.1, 0.15) is 23.3 Å². The smallest absolute Gasteiger partial charge is 0.326 e. The molecular weight excluding hydrogens is 543 g/mol. The molecule has 0 spiro atoms. The molecule has 0 saturated carbocycles. The first-order valence-corrected chi connectivity index (χ1v) is 12.7. The molecule has 39 heavy (non-hydrogen) atoms. The molecule has 202 valence electrons. The van der Waals surface area contributed by atoms with Crippen molar-refractivity contribution in [3.8, 4) is 33.8 Å². The largest absolute Gasteiger partial charge is 0.496 e. The highest BCUT2D eigenvalue weighted by atomic mass is 35.5. The van der Waals surface area contributed by atoms with Crippen LogP contribution in [0.4, 0.5) is 0 Å². The summed E-state index contributed by atoms with van der Waals surface area (Å²) in [4.78, 5) is 24.7. The lowest BCUT2D eigenvalue weighted by Gasteiger charge is -2.18. The summed E-state index contributed by atoms with van der Waals surface area (Å²) in [7, 11) is 3.16. The van der Waals surface area contributed by atoms with Crippen LogP contribution in [0.5, 0.6) is 11.5 Å². The SMILES string of the molecule is COc1cc(-c2c(C)noc2C)cc(OC)c1-c1ccc(C[C@H](NC(=O)c2c(Cl)cccc2Cl)C(=O)O)cc1. The Balaban J connectivity index is 1.61. The third-order valence-corrected chi connectivity index (χ3v) is 6.93. The highest BCUT2D eigenvalue weighted by Crippen LogP contribution is 2.43. The van der Waals surface area contributed by atoms with E-state index in [-0.39, 0.29) is 22.0 Å². The van der Waals surface area contributed by atoms with Crippen LogP contribution in [-0.4, -0.2) is 42.4 Å². The van der Waals surface area contributed by atoms with Crippen LogP contribution in [0.25, 0.3) is 22.3 Å². The maximum absolute atomic E-state index is 12.7. The minimum absolute atomic E-state index is 0.0293. The summed E-state index contributed by atoms with van der Waals surface area (Å²) in [6.07, 6.45) is 0.0443. The monoisotopic (exact) mass is 568 g/mol. The van der Waals surface area contributed by atoms with E-state index >= 15 is 0 Å². The van der Waals surface area contributed by atoms with E-state index in [0.29, 0.717) is 22.8 Å². The molecule has 0 aliphatic heterocycles. The number of carboxylic acid groups (broad SMARTS) is 1. The molecule has 4 aromatic rings. The molecule has 1 amide bonds. The second kappa shape index (κ2) is 11.8. The van der Waals surface area contributed by atoms with Gasteiger partial charge < -0.3 is 24.4 Å². The van der Waals surface area contributed by atoms with Crippen molar-refractivity contribution in [1.29, 1.82) is 0 Å². The van der Waals surface area contributed by atoms with Gasteiger partial charge in [-0.05, 0) is 54.8 Å². The van der Waals surface area contributed by atoms with Crippen molar-refractivity contribution in [2.45, 2.75) is 26.3 Å². The van der Waals surface area contributed by atoms with Gasteiger partial charge >= 0.3 is 5.97 Å². The fourth-order valence-corrected chi connectivity index (χ4v) is 4.99. The van der Waals surface area contributed by atoms with E-state index in [1.54, 1.807) is 32.4 Å². The Morgan fingerprint density at radius 1 is 0.949 bits per heavy atom. The van der Waals surface area contributed by atoms with Crippen LogP contribution in [0.3, 0.4) is 0 Å². The molecule has 10 heteroatoms. The summed E-state index contributed by atoms with van der Waals surface area (Å²) in [5.74, 6) is 0.00992. The van der Waals surface area contributed by atoms with Gasteiger partial charge in [0.25, 0.3) is 5.91 Å². The van der Waals surface area contributed by atoms with Gasteiger partial charge in [0, 0.05) is 12.0 Å². The highest BCUT2D eigenvalue weighted by molar-refractivity contribution is 6.39. The van der Waals surface area contributed by atoms with Crippen molar-refractivity contribution >= 4 is 35.1 Å². The van der Waals surface area contributed by atoms with Crippen molar-refractivity contribution in [2.24, 2.45) is 0 Å². The molecule has 8 nitrogen and oxygen atoms in total. The first-order valence-electron chi connectivity index (χ1n) is 11.9. The Morgan fingerprint density at radius 2 is 1.54 bits per heavy atom. The van der Waals surface area contributed by atoms with Crippen LogP contribution in [0.1, 0.15) is 27.4 Å². The molecule has 4 rings (SSSR count). The lowest BCUT2D eigenvalue weighted by atomic mass is 9.95. The molecule has 0 fully saturated rings. The molecule has 1 heterocycles. The summed E-state index contributed by atoms with van der Waals surface area (Å²) >= 11 is 12.2. The van der Waals surface area contributed by atoms with Crippen molar-refractivity contribution in [1.82, 2.24) is 10.5 Å². The van der Waals surface area contributed by atoms with Crippen LogP contribution in [0.15, 0.2) is 59.1 Å². The second-order valence-corrected chi connectivity index (χ2v) is 9.63. The van der Waals surface area contributed by atoms with E-state index in [9.17, 15) is 14.7 Å². The average Bonchev–Trinajstić information content (AvgIpc) is 3.25. The van der Waals surface area contributed by atoms with Gasteiger partial charge in [0.15, 0.2) is 0 Å². The number of amides is 1. The second-order valence-electron chi connectivity index (χ2n) is 8.82. The molecule has 0 bridgehead atoms. The molecule has 0 aliphatic carbocycles. The zero-order valence-corrected chi connectivity index (χ0v) is 23.2. The van der Waals surface area contributed by atoms with Gasteiger partial charge in [0.05, 0.1) is 41.1 Å². The summed E-state index contributed by atoms with van der Waals surface area (Å²) in [6.45, 7) is 3.71. The minimum atomic E-state index is -1.20. The standard InChI is InChI=1S/C29H26Cl2N2O6/c1-15-25(16(2)39-33-15)19-13-23(37-3)26(24(14-19)38-4)18-10-8-17(9-11-18)12-22(29(35)36)32-28(34)27-20(30)6-5-7-21(27)31/h5-11,13-14,22H,12H2,1-4H3,(H,32,34)(H,35,36)/t22-/m0/s1. The fraction of sp³-hybridized carbons (Fsp3) is 0.207. The number of nitrogens with one attached hydrogen (secondary N) is 1. The number of carbonyl (C=O) groups is 2. The number of benzene rings is 3. The van der Waals surface area contributed by atoms with E-state index in [1.807, 2.05) is 38.1 Å². The molecule has 0 aliphatic rings. The van der Waals surface area contributed by atoms with Crippen LogP contribution in [0.2, 0.25) is 10.0 Å². The molecule has 3 aromatic carbocycles. The Bertz CT molecular complexity index is 1470. The molecule has 0 saturated heterocycles. The van der Waals surface area contributed by atoms with E-state index < -0.39 is 17.9 Å². The van der Waals surface area contributed by atoms with Gasteiger partial charge in [-0.2, -0.15) is 0 Å². The molecule has 0 unspecified atom stereocenters. The third-order valence-electron chi connectivity index (χ3n) is 6.30. The maximum atomic E-state index is 12.7. The topological polar surface area (TPSA) is 111 Å². The quantitative estimate of drug-likeness (QED) is 0.241. The Labute approximate surface area is 235 Å². The average molecular weight is 569 g/mol. The van der Waals surface area contributed by atoms with Crippen molar-refractivity contribution in [3.05, 3.63) is 87.2 Å². The van der Waals surface area contributed by atoms with Crippen molar-refractivity contribution in [3.63, 3.8) is 0 Å². The van der Waals surface area contributed by atoms with Crippen LogP contribution in [0, 0.1) is 13.8 Å². The zero-order chi connectivity index (χ0) is 28.3. The number of nitrogens with zero attached hydrogens (tertiary/aromatic N) is 1. The number of methoxy groups -OCH3 is 2. The number of carbonyl (C=O) groups excluding carboxylic acids is 1. The molecule has 1 atom stereocenters. The van der Waals surface area contributed by atoms with Crippen LogP contribution < -0.4 is 14.8 Å². The number of rotatable bonds is 9. The normalized spacial score (nSPS) is 11.6. The lowest BCUT2D eigenvalue weighted by Crippen LogP contribution is -2.42. The highest BCUT2D eigenvalue weighted by Gasteiger charge is 2.24. The number of aromatic nitrogens is 1. The summed E-state index contributed by atoms with van der Waals surface area (Å²) < 4.78 is 16.7.